The van der Waals surface area contributed by atoms with Crippen molar-refractivity contribution < 1.29 is 4.79 Å². The standard InChI is InChI=1S/C25H30ClN5O/c1-28-23-10-3-2-9-22(23)27-24(28)18-29-11-5-6-19(17-29)25(32)31-14-12-30(13-15-31)21-8-4-7-20(26)16-21/h2-4,7-10,16,19H,5-6,11-15,17-18H2,1H3/t19-/m0/s1. The second kappa shape index (κ2) is 9.12. The molecule has 0 bridgehead atoms. The van der Waals surface area contributed by atoms with Crippen molar-refractivity contribution in [2.24, 2.45) is 13.0 Å². The molecule has 5 rings (SSSR count). The summed E-state index contributed by atoms with van der Waals surface area (Å²) in [6.45, 7) is 5.87. The fourth-order valence-corrected chi connectivity index (χ4v) is 5.24. The maximum Gasteiger partial charge on any atom is 0.227 e. The van der Waals surface area contributed by atoms with Crippen molar-refractivity contribution in [3.63, 3.8) is 0 Å². The van der Waals surface area contributed by atoms with Gasteiger partial charge in [0.25, 0.3) is 0 Å². The number of carbonyl (C=O) groups is 1. The van der Waals surface area contributed by atoms with Crippen molar-refractivity contribution in [3.05, 3.63) is 59.4 Å². The lowest BCUT2D eigenvalue weighted by molar-refractivity contribution is -0.137. The smallest absolute Gasteiger partial charge is 0.227 e. The summed E-state index contributed by atoms with van der Waals surface area (Å²) in [6.07, 6.45) is 2.04. The lowest BCUT2D eigenvalue weighted by Gasteiger charge is -2.39. The molecule has 2 aromatic carbocycles. The van der Waals surface area contributed by atoms with E-state index in [0.717, 1.165) is 86.2 Å². The van der Waals surface area contributed by atoms with Gasteiger partial charge in [0, 0.05) is 50.5 Å². The van der Waals surface area contributed by atoms with Gasteiger partial charge in [-0.25, -0.2) is 4.98 Å². The van der Waals surface area contributed by atoms with Crippen LogP contribution in [0.3, 0.4) is 0 Å². The molecule has 1 amide bonds. The number of anilines is 1. The predicted octanol–water partition coefficient (Wildman–Crippen LogP) is 3.79. The van der Waals surface area contributed by atoms with E-state index in [9.17, 15) is 4.79 Å². The van der Waals surface area contributed by atoms with Gasteiger partial charge in [-0.05, 0) is 49.7 Å². The van der Waals surface area contributed by atoms with Crippen LogP contribution in [-0.2, 0) is 18.4 Å². The third-order valence-corrected chi connectivity index (χ3v) is 7.10. The molecule has 2 saturated heterocycles. The summed E-state index contributed by atoms with van der Waals surface area (Å²) in [5, 5.41) is 0.754. The van der Waals surface area contributed by atoms with Crippen LogP contribution in [0, 0.1) is 5.92 Å². The SMILES string of the molecule is Cn1c(CN2CCC[C@H](C(=O)N3CCN(c4cccc(Cl)c4)CC3)C2)nc2ccccc21. The van der Waals surface area contributed by atoms with Gasteiger partial charge in [0.15, 0.2) is 0 Å². The number of fused-ring (bicyclic) bond motifs is 1. The number of likely N-dealkylation sites (tertiary alicyclic amines) is 1. The zero-order valence-corrected chi connectivity index (χ0v) is 19.3. The number of nitrogens with zero attached hydrogens (tertiary/aromatic N) is 5. The highest BCUT2D eigenvalue weighted by atomic mass is 35.5. The van der Waals surface area contributed by atoms with Crippen LogP contribution in [-0.4, -0.2) is 64.5 Å². The summed E-state index contributed by atoms with van der Waals surface area (Å²) < 4.78 is 2.18. The highest BCUT2D eigenvalue weighted by Crippen LogP contribution is 2.24. The maximum absolute atomic E-state index is 13.3. The quantitative estimate of drug-likeness (QED) is 0.605. The molecule has 1 aromatic heterocycles. The van der Waals surface area contributed by atoms with Crippen LogP contribution in [0.15, 0.2) is 48.5 Å². The fraction of sp³-hybridized carbons (Fsp3) is 0.440. The molecule has 0 aliphatic carbocycles. The summed E-state index contributed by atoms with van der Waals surface area (Å²) in [4.78, 5) is 24.9. The number of hydrogen-bond acceptors (Lipinski definition) is 4. The number of aromatic nitrogens is 2. The molecule has 1 atom stereocenters. The number of carbonyl (C=O) groups excluding carboxylic acids is 1. The van der Waals surface area contributed by atoms with Gasteiger partial charge in [0.2, 0.25) is 5.91 Å². The first-order valence-corrected chi connectivity index (χ1v) is 11.9. The van der Waals surface area contributed by atoms with Crippen LogP contribution in [0.5, 0.6) is 0 Å². The molecule has 2 aliphatic heterocycles. The molecule has 0 spiro atoms. The van der Waals surface area contributed by atoms with E-state index in [0.29, 0.717) is 5.91 Å². The van der Waals surface area contributed by atoms with Gasteiger partial charge >= 0.3 is 0 Å². The van der Waals surface area contributed by atoms with Crippen LogP contribution in [0.1, 0.15) is 18.7 Å². The van der Waals surface area contributed by atoms with E-state index in [4.69, 9.17) is 16.6 Å². The molecular formula is C25H30ClN5O. The third kappa shape index (κ3) is 4.34. The van der Waals surface area contributed by atoms with Crippen molar-refractivity contribution in [2.75, 3.05) is 44.2 Å². The molecule has 6 nitrogen and oxygen atoms in total. The predicted molar refractivity (Wildman–Crippen MR) is 129 cm³/mol. The highest BCUT2D eigenvalue weighted by molar-refractivity contribution is 6.30. The topological polar surface area (TPSA) is 44.6 Å². The Labute approximate surface area is 194 Å². The van der Waals surface area contributed by atoms with E-state index < -0.39 is 0 Å². The normalized spacial score (nSPS) is 20.1. The first-order chi connectivity index (χ1) is 15.6. The molecule has 2 aliphatic rings. The Morgan fingerprint density at radius 2 is 1.88 bits per heavy atom. The molecule has 3 aromatic rings. The van der Waals surface area contributed by atoms with E-state index in [1.54, 1.807) is 0 Å². The summed E-state index contributed by atoms with van der Waals surface area (Å²) in [6, 6.07) is 16.2. The number of piperidine rings is 1. The van der Waals surface area contributed by atoms with Crippen molar-refractivity contribution in [1.82, 2.24) is 19.4 Å². The van der Waals surface area contributed by atoms with Crippen molar-refractivity contribution >= 4 is 34.2 Å². The number of halogens is 1. The average Bonchev–Trinajstić information content (AvgIpc) is 3.14. The van der Waals surface area contributed by atoms with Gasteiger partial charge in [-0.15, -0.1) is 0 Å². The minimum absolute atomic E-state index is 0.0798. The first-order valence-electron chi connectivity index (χ1n) is 11.5. The second-order valence-electron chi connectivity index (χ2n) is 8.94. The summed E-state index contributed by atoms with van der Waals surface area (Å²) in [5.41, 5.74) is 3.33. The molecular weight excluding hydrogens is 422 g/mol. The Bertz CT molecular complexity index is 1100. The van der Waals surface area contributed by atoms with Crippen molar-refractivity contribution in [3.8, 4) is 0 Å². The van der Waals surface area contributed by atoms with E-state index in [1.807, 2.05) is 24.3 Å². The molecule has 0 saturated carbocycles. The van der Waals surface area contributed by atoms with Gasteiger partial charge in [0.1, 0.15) is 5.82 Å². The molecule has 0 unspecified atom stereocenters. The van der Waals surface area contributed by atoms with E-state index in [2.05, 4.69) is 50.6 Å². The Kier molecular flexibility index (Phi) is 6.07. The summed E-state index contributed by atoms with van der Waals surface area (Å²) in [5.74, 6) is 1.45. The third-order valence-electron chi connectivity index (χ3n) is 6.86. The Morgan fingerprint density at radius 3 is 2.66 bits per heavy atom. The van der Waals surface area contributed by atoms with Gasteiger partial charge in [-0.3, -0.25) is 9.69 Å². The molecule has 0 N–H and O–H groups in total. The van der Waals surface area contributed by atoms with Gasteiger partial charge in [-0.2, -0.15) is 0 Å². The number of rotatable bonds is 4. The molecule has 0 radical (unpaired) electrons. The lowest BCUT2D eigenvalue weighted by atomic mass is 9.96. The molecule has 3 heterocycles. The van der Waals surface area contributed by atoms with Gasteiger partial charge in [0.05, 0.1) is 23.5 Å². The van der Waals surface area contributed by atoms with Crippen molar-refractivity contribution in [1.29, 1.82) is 0 Å². The number of hydrogen-bond donors (Lipinski definition) is 0. The molecule has 32 heavy (non-hydrogen) atoms. The minimum atomic E-state index is 0.0798. The first kappa shape index (κ1) is 21.3. The molecule has 168 valence electrons. The Balaban J connectivity index is 1.19. The summed E-state index contributed by atoms with van der Waals surface area (Å²) >= 11 is 6.15. The number of amides is 1. The second-order valence-corrected chi connectivity index (χ2v) is 9.38. The van der Waals surface area contributed by atoms with Crippen LogP contribution in [0.25, 0.3) is 11.0 Å². The van der Waals surface area contributed by atoms with Gasteiger partial charge in [-0.1, -0.05) is 29.8 Å². The van der Waals surface area contributed by atoms with E-state index in [-0.39, 0.29) is 5.92 Å². The number of piperazine rings is 1. The lowest BCUT2D eigenvalue weighted by Crippen LogP contribution is -2.52. The number of benzene rings is 2. The van der Waals surface area contributed by atoms with E-state index in [1.165, 1.54) is 0 Å². The van der Waals surface area contributed by atoms with Crippen LogP contribution >= 0.6 is 11.6 Å². The van der Waals surface area contributed by atoms with Crippen LogP contribution in [0.2, 0.25) is 5.02 Å². The van der Waals surface area contributed by atoms with Crippen LogP contribution < -0.4 is 4.90 Å². The van der Waals surface area contributed by atoms with Crippen LogP contribution in [0.4, 0.5) is 5.69 Å². The highest BCUT2D eigenvalue weighted by Gasteiger charge is 2.31. The molecule has 7 heteroatoms. The Hall–Kier alpha value is -2.57. The summed E-state index contributed by atoms with van der Waals surface area (Å²) in [7, 11) is 2.08. The number of imidazole rings is 1. The zero-order valence-electron chi connectivity index (χ0n) is 18.6. The molecule has 2 fully saturated rings. The van der Waals surface area contributed by atoms with Crippen molar-refractivity contribution in [2.45, 2.75) is 19.4 Å². The van der Waals surface area contributed by atoms with Gasteiger partial charge < -0.3 is 14.4 Å². The number of aryl methyl sites for hydroxylation is 1. The monoisotopic (exact) mass is 451 g/mol. The fourth-order valence-electron chi connectivity index (χ4n) is 5.05. The zero-order chi connectivity index (χ0) is 22.1. The number of para-hydroxylation sites is 2. The maximum atomic E-state index is 13.3. The average molecular weight is 452 g/mol. The van der Waals surface area contributed by atoms with E-state index >= 15 is 0 Å². The Morgan fingerprint density at radius 1 is 1.06 bits per heavy atom. The minimum Gasteiger partial charge on any atom is -0.368 e. The largest absolute Gasteiger partial charge is 0.368 e.